The van der Waals surface area contributed by atoms with Crippen molar-refractivity contribution in [3.63, 3.8) is 0 Å². The molecule has 1 N–H and O–H groups in total. The highest BCUT2D eigenvalue weighted by atomic mass is 16.5. The second-order valence-corrected chi connectivity index (χ2v) is 6.22. The number of para-hydroxylation sites is 1. The van der Waals surface area contributed by atoms with Crippen molar-refractivity contribution in [1.29, 1.82) is 0 Å². The van der Waals surface area contributed by atoms with E-state index < -0.39 is 0 Å². The van der Waals surface area contributed by atoms with E-state index in [1.165, 1.54) is 12.0 Å². The van der Waals surface area contributed by atoms with E-state index in [4.69, 9.17) is 9.47 Å². The standard InChI is InChI=1S/C18H29NO2/c1-4-20-17-10-6-5-9-16(17)18-15(8-7-11-21-18)13-19-12-14(2)3/h5-6,9-10,14-15,18-19H,4,7-8,11-13H2,1-3H3. The summed E-state index contributed by atoms with van der Waals surface area (Å²) in [5.41, 5.74) is 1.20. The molecule has 3 heteroatoms. The van der Waals surface area contributed by atoms with Crippen LogP contribution in [0.4, 0.5) is 0 Å². The summed E-state index contributed by atoms with van der Waals surface area (Å²) >= 11 is 0. The number of ether oxygens (including phenoxy) is 2. The van der Waals surface area contributed by atoms with Crippen LogP contribution in [0.15, 0.2) is 24.3 Å². The van der Waals surface area contributed by atoms with Gasteiger partial charge in [-0.3, -0.25) is 0 Å². The Balaban J connectivity index is 2.07. The number of rotatable bonds is 7. The Hall–Kier alpha value is -1.06. The number of nitrogens with one attached hydrogen (secondary N) is 1. The molecule has 118 valence electrons. The van der Waals surface area contributed by atoms with Crippen molar-refractivity contribution in [1.82, 2.24) is 5.32 Å². The van der Waals surface area contributed by atoms with Gasteiger partial charge >= 0.3 is 0 Å². The van der Waals surface area contributed by atoms with Crippen molar-refractivity contribution in [2.75, 3.05) is 26.3 Å². The van der Waals surface area contributed by atoms with Crippen LogP contribution in [-0.4, -0.2) is 26.3 Å². The molecule has 1 aromatic rings. The molecule has 0 spiro atoms. The van der Waals surface area contributed by atoms with Gasteiger partial charge in [0.15, 0.2) is 0 Å². The van der Waals surface area contributed by atoms with Gasteiger partial charge in [-0.25, -0.2) is 0 Å². The van der Waals surface area contributed by atoms with Crippen LogP contribution in [0, 0.1) is 11.8 Å². The van der Waals surface area contributed by atoms with Gasteiger partial charge in [-0.1, -0.05) is 32.0 Å². The monoisotopic (exact) mass is 291 g/mol. The Morgan fingerprint density at radius 3 is 2.90 bits per heavy atom. The van der Waals surface area contributed by atoms with Crippen LogP contribution in [-0.2, 0) is 4.74 Å². The lowest BCUT2D eigenvalue weighted by atomic mass is 9.89. The Kier molecular flexibility index (Phi) is 6.52. The molecule has 1 heterocycles. The van der Waals surface area contributed by atoms with Crippen molar-refractivity contribution >= 4 is 0 Å². The van der Waals surface area contributed by atoms with E-state index in [0.717, 1.165) is 31.9 Å². The van der Waals surface area contributed by atoms with Gasteiger partial charge in [0.2, 0.25) is 0 Å². The van der Waals surface area contributed by atoms with E-state index in [-0.39, 0.29) is 6.10 Å². The predicted octanol–water partition coefficient (Wildman–Crippen LogP) is 3.80. The van der Waals surface area contributed by atoms with Crippen LogP contribution >= 0.6 is 0 Å². The second kappa shape index (κ2) is 8.40. The Morgan fingerprint density at radius 1 is 1.33 bits per heavy atom. The van der Waals surface area contributed by atoms with Crippen molar-refractivity contribution in [2.24, 2.45) is 11.8 Å². The highest BCUT2D eigenvalue weighted by Gasteiger charge is 2.29. The first-order chi connectivity index (χ1) is 10.2. The van der Waals surface area contributed by atoms with Gasteiger partial charge in [-0.15, -0.1) is 0 Å². The lowest BCUT2D eigenvalue weighted by Gasteiger charge is -2.33. The molecular weight excluding hydrogens is 262 g/mol. The third kappa shape index (κ3) is 4.72. The van der Waals surface area contributed by atoms with Gasteiger partial charge in [0.05, 0.1) is 12.7 Å². The molecule has 0 radical (unpaired) electrons. The molecular formula is C18H29NO2. The fourth-order valence-corrected chi connectivity index (χ4v) is 2.96. The zero-order valence-corrected chi connectivity index (χ0v) is 13.6. The molecule has 0 bridgehead atoms. The van der Waals surface area contributed by atoms with E-state index in [2.05, 4.69) is 37.4 Å². The molecule has 2 rings (SSSR count). The first kappa shape index (κ1) is 16.3. The Labute approximate surface area is 129 Å². The van der Waals surface area contributed by atoms with Crippen LogP contribution in [0.2, 0.25) is 0 Å². The molecule has 0 saturated carbocycles. The number of hydrogen-bond acceptors (Lipinski definition) is 3. The van der Waals surface area contributed by atoms with Gasteiger partial charge in [0, 0.05) is 24.6 Å². The summed E-state index contributed by atoms with van der Waals surface area (Å²) in [6, 6.07) is 8.31. The Bertz CT molecular complexity index is 419. The zero-order valence-electron chi connectivity index (χ0n) is 13.6. The number of hydrogen-bond donors (Lipinski definition) is 1. The molecule has 3 nitrogen and oxygen atoms in total. The highest BCUT2D eigenvalue weighted by Crippen LogP contribution is 2.37. The van der Waals surface area contributed by atoms with E-state index in [0.29, 0.717) is 18.4 Å². The lowest BCUT2D eigenvalue weighted by molar-refractivity contribution is -0.0292. The van der Waals surface area contributed by atoms with Crippen LogP contribution in [0.1, 0.15) is 45.3 Å². The average molecular weight is 291 g/mol. The highest BCUT2D eigenvalue weighted by molar-refractivity contribution is 5.35. The van der Waals surface area contributed by atoms with Gasteiger partial charge < -0.3 is 14.8 Å². The first-order valence-electron chi connectivity index (χ1n) is 8.26. The summed E-state index contributed by atoms with van der Waals surface area (Å²) in [6.45, 7) is 10.1. The third-order valence-corrected chi connectivity index (χ3v) is 3.93. The molecule has 21 heavy (non-hydrogen) atoms. The second-order valence-electron chi connectivity index (χ2n) is 6.22. The van der Waals surface area contributed by atoms with Gasteiger partial charge in [0.25, 0.3) is 0 Å². The van der Waals surface area contributed by atoms with Gasteiger partial charge in [-0.05, 0) is 38.3 Å². The molecule has 2 atom stereocenters. The van der Waals surface area contributed by atoms with Gasteiger partial charge in [-0.2, -0.15) is 0 Å². The summed E-state index contributed by atoms with van der Waals surface area (Å²) in [5, 5.41) is 3.58. The molecule has 1 aliphatic rings. The maximum absolute atomic E-state index is 6.10. The minimum absolute atomic E-state index is 0.154. The van der Waals surface area contributed by atoms with E-state index in [9.17, 15) is 0 Å². The first-order valence-corrected chi connectivity index (χ1v) is 8.26. The lowest BCUT2D eigenvalue weighted by Crippen LogP contribution is -2.33. The SMILES string of the molecule is CCOc1ccccc1C1OCCCC1CNCC(C)C. The quantitative estimate of drug-likeness (QED) is 0.829. The largest absolute Gasteiger partial charge is 0.493 e. The maximum atomic E-state index is 6.10. The summed E-state index contributed by atoms with van der Waals surface area (Å²) in [5.74, 6) is 2.18. The minimum atomic E-state index is 0.154. The fourth-order valence-electron chi connectivity index (χ4n) is 2.96. The van der Waals surface area contributed by atoms with Crippen LogP contribution < -0.4 is 10.1 Å². The predicted molar refractivity (Wildman–Crippen MR) is 86.7 cm³/mol. The summed E-state index contributed by atoms with van der Waals surface area (Å²) in [6.07, 6.45) is 2.53. The fraction of sp³-hybridized carbons (Fsp3) is 0.667. The van der Waals surface area contributed by atoms with E-state index >= 15 is 0 Å². The average Bonchev–Trinajstić information content (AvgIpc) is 2.48. The summed E-state index contributed by atoms with van der Waals surface area (Å²) in [4.78, 5) is 0. The molecule has 0 amide bonds. The maximum Gasteiger partial charge on any atom is 0.125 e. The van der Waals surface area contributed by atoms with E-state index in [1.807, 2.05) is 13.0 Å². The smallest absolute Gasteiger partial charge is 0.125 e. The van der Waals surface area contributed by atoms with Crippen LogP contribution in [0.25, 0.3) is 0 Å². The van der Waals surface area contributed by atoms with Crippen LogP contribution in [0.5, 0.6) is 5.75 Å². The van der Waals surface area contributed by atoms with Gasteiger partial charge in [0.1, 0.15) is 5.75 Å². The molecule has 1 aliphatic heterocycles. The zero-order chi connectivity index (χ0) is 15.1. The van der Waals surface area contributed by atoms with Crippen molar-refractivity contribution in [3.05, 3.63) is 29.8 Å². The number of benzene rings is 1. The third-order valence-electron chi connectivity index (χ3n) is 3.93. The molecule has 0 aliphatic carbocycles. The molecule has 1 fully saturated rings. The van der Waals surface area contributed by atoms with Crippen molar-refractivity contribution in [2.45, 2.75) is 39.7 Å². The molecule has 1 aromatic carbocycles. The van der Waals surface area contributed by atoms with Crippen molar-refractivity contribution < 1.29 is 9.47 Å². The van der Waals surface area contributed by atoms with Crippen molar-refractivity contribution in [3.8, 4) is 5.75 Å². The molecule has 1 saturated heterocycles. The summed E-state index contributed by atoms with van der Waals surface area (Å²) in [7, 11) is 0. The Morgan fingerprint density at radius 2 is 2.14 bits per heavy atom. The minimum Gasteiger partial charge on any atom is -0.493 e. The topological polar surface area (TPSA) is 30.5 Å². The molecule has 0 aromatic heterocycles. The van der Waals surface area contributed by atoms with E-state index in [1.54, 1.807) is 0 Å². The summed E-state index contributed by atoms with van der Waals surface area (Å²) < 4.78 is 11.9. The normalized spacial score (nSPS) is 22.5. The van der Waals surface area contributed by atoms with Crippen LogP contribution in [0.3, 0.4) is 0 Å². The molecule has 2 unspecified atom stereocenters.